The van der Waals surface area contributed by atoms with Crippen molar-refractivity contribution in [1.29, 1.82) is 0 Å². The van der Waals surface area contributed by atoms with Gasteiger partial charge in [0.05, 0.1) is 17.6 Å². The molecule has 0 radical (unpaired) electrons. The second-order valence-electron chi connectivity index (χ2n) is 4.56. The first-order valence-electron chi connectivity index (χ1n) is 6.32. The van der Waals surface area contributed by atoms with Crippen molar-refractivity contribution in [3.8, 4) is 16.9 Å². The van der Waals surface area contributed by atoms with Crippen molar-refractivity contribution in [2.24, 2.45) is 0 Å². The molecule has 1 heterocycles. The number of aromatic nitrogens is 3. The zero-order chi connectivity index (χ0) is 13.9. The summed E-state index contributed by atoms with van der Waals surface area (Å²) in [5.41, 5.74) is 4.58. The monoisotopic (exact) mass is 263 g/mol. The average molecular weight is 263 g/mol. The Kier molecular flexibility index (Phi) is 3.13. The molecule has 0 saturated carbocycles. The van der Waals surface area contributed by atoms with Crippen molar-refractivity contribution in [3.63, 3.8) is 0 Å². The first-order chi connectivity index (χ1) is 9.79. The quantitative estimate of drug-likeness (QED) is 0.682. The van der Waals surface area contributed by atoms with Gasteiger partial charge in [-0.15, -0.1) is 5.10 Å². The largest absolute Gasteiger partial charge is 0.298 e. The average Bonchev–Trinajstić information content (AvgIpc) is 2.97. The minimum Gasteiger partial charge on any atom is -0.298 e. The minimum atomic E-state index is 0.671. The number of carbonyl (C=O) groups is 1. The summed E-state index contributed by atoms with van der Waals surface area (Å²) < 4.78 is 1.79. The molecule has 0 saturated heterocycles. The van der Waals surface area contributed by atoms with E-state index in [1.165, 1.54) is 0 Å². The Morgan fingerprint density at radius 1 is 1.10 bits per heavy atom. The van der Waals surface area contributed by atoms with Crippen LogP contribution in [0.25, 0.3) is 16.9 Å². The SMILES string of the molecule is Cc1cc(C=O)ccc1-c1cnnn1-c1ccccc1. The van der Waals surface area contributed by atoms with Gasteiger partial charge in [0.1, 0.15) is 6.29 Å². The molecule has 0 aliphatic carbocycles. The van der Waals surface area contributed by atoms with Crippen LogP contribution in [0.5, 0.6) is 0 Å². The maximum atomic E-state index is 10.8. The highest BCUT2D eigenvalue weighted by Gasteiger charge is 2.11. The van der Waals surface area contributed by atoms with Crippen molar-refractivity contribution in [2.75, 3.05) is 0 Å². The molecule has 0 fully saturated rings. The lowest BCUT2D eigenvalue weighted by atomic mass is 10.0. The van der Waals surface area contributed by atoms with Gasteiger partial charge >= 0.3 is 0 Å². The fourth-order valence-corrected chi connectivity index (χ4v) is 2.23. The number of aldehydes is 1. The van der Waals surface area contributed by atoms with E-state index in [9.17, 15) is 4.79 Å². The first-order valence-corrected chi connectivity index (χ1v) is 6.32. The predicted molar refractivity (Wildman–Crippen MR) is 76.9 cm³/mol. The van der Waals surface area contributed by atoms with E-state index in [1.54, 1.807) is 16.9 Å². The molecular weight excluding hydrogens is 250 g/mol. The van der Waals surface area contributed by atoms with Gasteiger partial charge in [0, 0.05) is 11.1 Å². The number of hydrogen-bond donors (Lipinski definition) is 0. The van der Waals surface area contributed by atoms with Crippen LogP contribution < -0.4 is 0 Å². The molecular formula is C16H13N3O. The highest BCUT2D eigenvalue weighted by Crippen LogP contribution is 2.25. The molecule has 98 valence electrons. The molecule has 0 amide bonds. The van der Waals surface area contributed by atoms with Gasteiger partial charge in [0.25, 0.3) is 0 Å². The van der Waals surface area contributed by atoms with E-state index in [0.29, 0.717) is 5.56 Å². The molecule has 1 aromatic heterocycles. The summed E-state index contributed by atoms with van der Waals surface area (Å²) in [6.45, 7) is 1.98. The topological polar surface area (TPSA) is 47.8 Å². The van der Waals surface area contributed by atoms with Crippen LogP contribution in [0.4, 0.5) is 0 Å². The molecule has 3 rings (SSSR count). The maximum Gasteiger partial charge on any atom is 0.150 e. The van der Waals surface area contributed by atoms with E-state index in [2.05, 4.69) is 10.3 Å². The summed E-state index contributed by atoms with van der Waals surface area (Å²) in [6, 6.07) is 15.4. The van der Waals surface area contributed by atoms with Crippen LogP contribution in [0.1, 0.15) is 15.9 Å². The highest BCUT2D eigenvalue weighted by atomic mass is 16.1. The molecule has 0 N–H and O–H groups in total. The number of rotatable bonds is 3. The van der Waals surface area contributed by atoms with Gasteiger partial charge in [-0.05, 0) is 30.7 Å². The van der Waals surface area contributed by atoms with Crippen molar-refractivity contribution in [1.82, 2.24) is 15.0 Å². The third-order valence-corrected chi connectivity index (χ3v) is 3.21. The number of carbonyl (C=O) groups excluding carboxylic acids is 1. The smallest absolute Gasteiger partial charge is 0.150 e. The normalized spacial score (nSPS) is 10.4. The summed E-state index contributed by atoms with van der Waals surface area (Å²) >= 11 is 0. The summed E-state index contributed by atoms with van der Waals surface area (Å²) in [6.07, 6.45) is 2.58. The number of para-hydroxylation sites is 1. The Morgan fingerprint density at radius 2 is 1.90 bits per heavy atom. The second-order valence-corrected chi connectivity index (χ2v) is 4.56. The molecule has 2 aromatic carbocycles. The van der Waals surface area contributed by atoms with Gasteiger partial charge < -0.3 is 0 Å². The number of aryl methyl sites for hydroxylation is 1. The Hall–Kier alpha value is -2.75. The molecule has 4 heteroatoms. The number of nitrogens with zero attached hydrogens (tertiary/aromatic N) is 3. The van der Waals surface area contributed by atoms with Crippen LogP contribution >= 0.6 is 0 Å². The molecule has 0 aliphatic heterocycles. The van der Waals surface area contributed by atoms with Crippen LogP contribution in [0.2, 0.25) is 0 Å². The van der Waals surface area contributed by atoms with Crippen molar-refractivity contribution < 1.29 is 4.79 Å². The molecule has 0 spiro atoms. The highest BCUT2D eigenvalue weighted by molar-refractivity contribution is 5.78. The molecule has 0 atom stereocenters. The molecule has 4 nitrogen and oxygen atoms in total. The molecule has 3 aromatic rings. The molecule has 0 aliphatic rings. The summed E-state index contributed by atoms with van der Waals surface area (Å²) in [5, 5.41) is 8.15. The Labute approximate surface area is 116 Å². The van der Waals surface area contributed by atoms with Crippen LogP contribution in [-0.2, 0) is 0 Å². The lowest BCUT2D eigenvalue weighted by Crippen LogP contribution is -2.00. The zero-order valence-corrected chi connectivity index (χ0v) is 11.0. The predicted octanol–water partition coefficient (Wildman–Crippen LogP) is 3.06. The first kappa shape index (κ1) is 12.3. The summed E-state index contributed by atoms with van der Waals surface area (Å²) in [5.74, 6) is 0. The summed E-state index contributed by atoms with van der Waals surface area (Å²) in [7, 11) is 0. The Bertz CT molecular complexity index is 747. The van der Waals surface area contributed by atoms with E-state index in [-0.39, 0.29) is 0 Å². The van der Waals surface area contributed by atoms with E-state index in [1.807, 2.05) is 49.4 Å². The van der Waals surface area contributed by atoms with E-state index in [4.69, 9.17) is 0 Å². The lowest BCUT2D eigenvalue weighted by Gasteiger charge is -2.09. The van der Waals surface area contributed by atoms with E-state index < -0.39 is 0 Å². The number of benzene rings is 2. The zero-order valence-electron chi connectivity index (χ0n) is 11.0. The fraction of sp³-hybridized carbons (Fsp3) is 0.0625. The standard InChI is InChI=1S/C16H13N3O/c1-12-9-13(11-20)7-8-15(12)16-10-17-18-19(16)14-5-3-2-4-6-14/h2-11H,1H3. The van der Waals surface area contributed by atoms with Crippen molar-refractivity contribution in [3.05, 3.63) is 65.9 Å². The number of hydrogen-bond acceptors (Lipinski definition) is 3. The lowest BCUT2D eigenvalue weighted by molar-refractivity contribution is 0.112. The van der Waals surface area contributed by atoms with Gasteiger partial charge in [-0.25, -0.2) is 4.68 Å². The Morgan fingerprint density at radius 3 is 2.60 bits per heavy atom. The van der Waals surface area contributed by atoms with E-state index >= 15 is 0 Å². The van der Waals surface area contributed by atoms with Crippen LogP contribution in [0, 0.1) is 6.92 Å². The Balaban J connectivity index is 2.13. The molecule has 0 unspecified atom stereocenters. The third kappa shape index (κ3) is 2.12. The van der Waals surface area contributed by atoms with Crippen molar-refractivity contribution in [2.45, 2.75) is 6.92 Å². The van der Waals surface area contributed by atoms with Crippen LogP contribution in [0.15, 0.2) is 54.7 Å². The third-order valence-electron chi connectivity index (χ3n) is 3.21. The maximum absolute atomic E-state index is 10.8. The van der Waals surface area contributed by atoms with Crippen molar-refractivity contribution >= 4 is 6.29 Å². The van der Waals surface area contributed by atoms with Crippen LogP contribution in [-0.4, -0.2) is 21.3 Å². The van der Waals surface area contributed by atoms with Crippen LogP contribution in [0.3, 0.4) is 0 Å². The van der Waals surface area contributed by atoms with Gasteiger partial charge in [0.15, 0.2) is 0 Å². The molecule has 20 heavy (non-hydrogen) atoms. The van der Waals surface area contributed by atoms with E-state index in [0.717, 1.165) is 28.8 Å². The van der Waals surface area contributed by atoms with Gasteiger partial charge in [-0.3, -0.25) is 4.79 Å². The summed E-state index contributed by atoms with van der Waals surface area (Å²) in [4.78, 5) is 10.8. The fourth-order valence-electron chi connectivity index (χ4n) is 2.23. The van der Waals surface area contributed by atoms with Gasteiger partial charge in [-0.1, -0.05) is 35.5 Å². The second kappa shape index (κ2) is 5.09. The minimum absolute atomic E-state index is 0.671. The van der Waals surface area contributed by atoms with Gasteiger partial charge in [-0.2, -0.15) is 0 Å². The van der Waals surface area contributed by atoms with Gasteiger partial charge in [0.2, 0.25) is 0 Å². The molecule has 0 bridgehead atoms.